The second kappa shape index (κ2) is 12.3. The average Bonchev–Trinajstić information content (AvgIpc) is 3.71. The zero-order valence-corrected chi connectivity index (χ0v) is 28.7. The second-order valence-corrected chi connectivity index (χ2v) is 13.9. The molecule has 1 unspecified atom stereocenters. The maximum absolute atomic E-state index is 17.2. The first kappa shape index (κ1) is 33.3. The Kier molecular flexibility index (Phi) is 8.21. The maximum atomic E-state index is 17.2. The molecule has 0 bridgehead atoms. The maximum Gasteiger partial charge on any atom is 0.295 e. The normalized spacial score (nSPS) is 20.5. The van der Waals surface area contributed by atoms with E-state index < -0.39 is 29.4 Å². The van der Waals surface area contributed by atoms with Gasteiger partial charge in [0.1, 0.15) is 22.8 Å². The van der Waals surface area contributed by atoms with Gasteiger partial charge in [-0.25, -0.2) is 18.2 Å². The fraction of sp³-hybridized carbons (Fsp3) is 0.417. The van der Waals surface area contributed by atoms with Gasteiger partial charge in [-0.2, -0.15) is 10.4 Å². The Labute approximate surface area is 287 Å². The van der Waals surface area contributed by atoms with Crippen molar-refractivity contribution in [2.75, 3.05) is 38.1 Å². The monoisotopic (exact) mass is 683 g/mol. The predicted molar refractivity (Wildman–Crippen MR) is 184 cm³/mol. The molecule has 258 valence electrons. The van der Waals surface area contributed by atoms with Crippen molar-refractivity contribution in [3.63, 3.8) is 0 Å². The first-order chi connectivity index (χ1) is 23.9. The number of nitrogens with zero attached hydrogens (tertiary/aromatic N) is 9. The lowest BCUT2D eigenvalue weighted by Gasteiger charge is -2.53. The predicted octanol–water partition coefficient (Wildman–Crippen LogP) is 6.93. The van der Waals surface area contributed by atoms with E-state index in [0.717, 1.165) is 6.54 Å². The molecule has 0 spiro atoms. The number of aromatic amines is 1. The number of H-pyrrole nitrogens is 1. The molecule has 2 aromatic heterocycles. The van der Waals surface area contributed by atoms with Crippen LogP contribution < -0.4 is 4.90 Å². The summed E-state index contributed by atoms with van der Waals surface area (Å²) >= 11 is 0. The Morgan fingerprint density at radius 2 is 2.02 bits per heavy atom. The zero-order valence-electron chi connectivity index (χ0n) is 28.7. The zero-order chi connectivity index (χ0) is 35.6. The molecule has 3 aliphatic heterocycles. The number of piperidine rings is 1. The molecule has 14 heteroatoms. The number of aromatic nitrogens is 3. The Morgan fingerprint density at radius 3 is 2.72 bits per heavy atom. The number of likely N-dealkylation sites (tertiary alicyclic amines) is 1. The molecule has 3 aliphatic rings. The lowest BCUT2D eigenvalue weighted by Crippen LogP contribution is -2.68. The van der Waals surface area contributed by atoms with Crippen LogP contribution in [0.15, 0.2) is 41.1 Å². The summed E-state index contributed by atoms with van der Waals surface area (Å²) in [4.78, 5) is 23.1. The number of benzene rings is 2. The molecule has 0 radical (unpaired) electrons. The molecule has 50 heavy (non-hydrogen) atoms. The van der Waals surface area contributed by atoms with Crippen LogP contribution in [0.2, 0.25) is 0 Å². The van der Waals surface area contributed by atoms with Gasteiger partial charge in [0.05, 0.1) is 40.2 Å². The highest BCUT2D eigenvalue weighted by atomic mass is 19.1. The van der Waals surface area contributed by atoms with Gasteiger partial charge in [0.25, 0.3) is 11.6 Å². The number of fused-ring (bicyclic) bond motifs is 4. The lowest BCUT2D eigenvalue weighted by atomic mass is 9.89. The van der Waals surface area contributed by atoms with Crippen LogP contribution in [0.5, 0.6) is 0 Å². The number of carbonyl (C=O) groups is 1. The van der Waals surface area contributed by atoms with Gasteiger partial charge in [0.2, 0.25) is 5.69 Å². The van der Waals surface area contributed by atoms with E-state index in [1.807, 2.05) is 12.3 Å². The van der Waals surface area contributed by atoms with Gasteiger partial charge in [-0.3, -0.25) is 14.8 Å². The summed E-state index contributed by atoms with van der Waals surface area (Å²) in [5.41, 5.74) is 3.05. The average molecular weight is 684 g/mol. The van der Waals surface area contributed by atoms with Crippen molar-refractivity contribution in [2.24, 2.45) is 16.3 Å². The number of anilines is 1. The number of aryl methyl sites for hydroxylation is 1. The summed E-state index contributed by atoms with van der Waals surface area (Å²) in [6.45, 7) is 13.2. The quantitative estimate of drug-likeness (QED) is 0.167. The highest BCUT2D eigenvalue weighted by molar-refractivity contribution is 6.04. The van der Waals surface area contributed by atoms with Crippen molar-refractivity contribution in [1.29, 1.82) is 5.26 Å². The summed E-state index contributed by atoms with van der Waals surface area (Å²) in [6, 6.07) is 4.80. The van der Waals surface area contributed by atoms with Crippen molar-refractivity contribution in [1.82, 2.24) is 25.0 Å². The molecular weight excluding hydrogens is 645 g/mol. The van der Waals surface area contributed by atoms with Crippen molar-refractivity contribution < 1.29 is 22.7 Å². The molecule has 2 atom stereocenters. The highest BCUT2D eigenvalue weighted by Crippen LogP contribution is 2.50. The van der Waals surface area contributed by atoms with Crippen LogP contribution in [0.3, 0.4) is 0 Å². The van der Waals surface area contributed by atoms with Crippen molar-refractivity contribution >= 4 is 51.1 Å². The van der Waals surface area contributed by atoms with Gasteiger partial charge in [0, 0.05) is 48.1 Å². The largest absolute Gasteiger partial charge is 0.349 e. The molecule has 7 rings (SSSR count). The first-order valence-corrected chi connectivity index (χ1v) is 16.7. The third kappa shape index (κ3) is 5.22. The molecule has 4 aromatic rings. The lowest BCUT2D eigenvalue weighted by molar-refractivity contribution is -0.442. The molecule has 2 saturated heterocycles. The molecule has 5 heterocycles. The van der Waals surface area contributed by atoms with E-state index in [2.05, 4.69) is 63.9 Å². The molecule has 11 nitrogen and oxygen atoms in total. The van der Waals surface area contributed by atoms with E-state index >= 15 is 8.78 Å². The number of pyridine rings is 1. The summed E-state index contributed by atoms with van der Waals surface area (Å²) in [6.07, 6.45) is 4.38. The summed E-state index contributed by atoms with van der Waals surface area (Å²) in [5.74, 6) is -2.59. The number of rotatable bonds is 7. The molecule has 2 aromatic carbocycles. The SMILES string of the molecule is C=C(F)C(=O)N1CCC(/C=[N+]2\N=Nc3c(N4CC(C)(N(C)CC)C4)nc4c(F)c(-c5c(C)c(F)cc6[nH]ncc56)c(C)cc4c32)C[C@H]1CC#N. The first-order valence-electron chi connectivity index (χ1n) is 16.7. The third-order valence-electron chi connectivity index (χ3n) is 10.7. The number of amides is 1. The van der Waals surface area contributed by atoms with E-state index in [9.17, 15) is 14.4 Å². The van der Waals surface area contributed by atoms with Crippen LogP contribution in [-0.2, 0) is 4.79 Å². The standard InChI is InChI=1S/C36H38F3N10O/c1-7-46(6)36(5)17-47(18-36)34-32-33(49(45-44-32)16-22-9-11-48(35(50)21(4)37)23(13-22)8-10-40)24-12-19(2)28(30(39)31(24)42-34)29-20(3)26(38)14-27-25(29)15-41-43-27/h12,14-16,22-23H,4,7-9,11,13,17-18H2,1-3,5-6H3,(H,41,43)/q+1/b49-16-/t22?,23-/m1/s1. The van der Waals surface area contributed by atoms with E-state index in [4.69, 9.17) is 4.98 Å². The van der Waals surface area contributed by atoms with Crippen LogP contribution in [0.4, 0.5) is 30.4 Å². The number of hydrogen-bond donors (Lipinski definition) is 1. The fourth-order valence-corrected chi connectivity index (χ4v) is 7.71. The summed E-state index contributed by atoms with van der Waals surface area (Å²) in [7, 11) is 2.07. The smallest absolute Gasteiger partial charge is 0.295 e. The van der Waals surface area contributed by atoms with Crippen LogP contribution in [0.25, 0.3) is 32.9 Å². The van der Waals surface area contributed by atoms with Crippen LogP contribution >= 0.6 is 0 Å². The fourth-order valence-electron chi connectivity index (χ4n) is 7.71. The van der Waals surface area contributed by atoms with Crippen molar-refractivity contribution in [3.05, 3.63) is 53.5 Å². The number of hydrogen-bond acceptors (Lipinski definition) is 8. The number of carbonyl (C=O) groups excluding carboxylic acids is 1. The number of nitrogens with one attached hydrogen (secondary N) is 1. The Hall–Kier alpha value is -5.16. The molecule has 1 N–H and O–H groups in total. The van der Waals surface area contributed by atoms with Gasteiger partial charge in [0.15, 0.2) is 17.5 Å². The number of halogens is 3. The van der Waals surface area contributed by atoms with Crippen LogP contribution in [-0.4, -0.2) is 86.6 Å². The Morgan fingerprint density at radius 1 is 1.26 bits per heavy atom. The van der Waals surface area contributed by atoms with Gasteiger partial charge >= 0.3 is 0 Å². The molecule has 0 aliphatic carbocycles. The van der Waals surface area contributed by atoms with E-state index in [0.29, 0.717) is 76.1 Å². The Bertz CT molecular complexity index is 2200. The summed E-state index contributed by atoms with van der Waals surface area (Å²) in [5, 5.41) is 26.5. The van der Waals surface area contributed by atoms with Gasteiger partial charge < -0.3 is 9.80 Å². The number of likely N-dealkylation sites (N-methyl/N-ethyl adjacent to an activating group) is 1. The minimum absolute atomic E-state index is 0.0367. The summed E-state index contributed by atoms with van der Waals surface area (Å²) < 4.78 is 47.8. The van der Waals surface area contributed by atoms with Gasteiger partial charge in [-0.1, -0.05) is 13.5 Å². The minimum atomic E-state index is -1.06. The van der Waals surface area contributed by atoms with Crippen molar-refractivity contribution in [3.8, 4) is 17.2 Å². The highest BCUT2D eigenvalue weighted by Gasteiger charge is 2.46. The van der Waals surface area contributed by atoms with Crippen LogP contribution in [0.1, 0.15) is 44.2 Å². The molecular formula is C36H38F3N10O+. The molecule has 1 amide bonds. The van der Waals surface area contributed by atoms with E-state index in [1.165, 1.54) is 11.0 Å². The Balaban J connectivity index is 1.38. The minimum Gasteiger partial charge on any atom is -0.349 e. The van der Waals surface area contributed by atoms with Crippen molar-refractivity contribution in [2.45, 2.75) is 58.5 Å². The molecule has 0 saturated carbocycles. The third-order valence-corrected chi connectivity index (χ3v) is 10.7. The topological polar surface area (TPSA) is 120 Å². The van der Waals surface area contributed by atoms with E-state index in [-0.39, 0.29) is 35.5 Å². The van der Waals surface area contributed by atoms with Crippen LogP contribution in [0, 0.1) is 42.7 Å². The second-order valence-electron chi connectivity index (χ2n) is 13.9. The molecule has 2 fully saturated rings. The number of nitriles is 1. The van der Waals surface area contributed by atoms with Gasteiger partial charge in [-0.05, 0) is 70.5 Å². The van der Waals surface area contributed by atoms with Gasteiger partial charge in [-0.15, -0.1) is 4.68 Å². The van der Waals surface area contributed by atoms with E-state index in [1.54, 1.807) is 24.7 Å².